The Morgan fingerprint density at radius 1 is 1.38 bits per heavy atom. The minimum absolute atomic E-state index is 0.208. The number of piperidine rings is 1. The molecule has 2 unspecified atom stereocenters. The highest BCUT2D eigenvalue weighted by atomic mass is 32.1. The van der Waals surface area contributed by atoms with E-state index in [0.29, 0.717) is 19.4 Å². The molecule has 1 saturated heterocycles. The second-order valence-corrected chi connectivity index (χ2v) is 7.33. The van der Waals surface area contributed by atoms with Crippen LogP contribution in [0.1, 0.15) is 25.1 Å². The molecule has 1 fully saturated rings. The van der Waals surface area contributed by atoms with Crippen molar-refractivity contribution in [1.82, 2.24) is 16.0 Å². The summed E-state index contributed by atoms with van der Waals surface area (Å²) in [7, 11) is 0. The molecule has 0 radical (unpaired) electrons. The first-order valence-electron chi connectivity index (χ1n) is 8.46. The molecule has 3 N–H and O–H groups in total. The van der Waals surface area contributed by atoms with E-state index in [-0.39, 0.29) is 12.5 Å². The smallest absolute Gasteiger partial charge is 0.407 e. The van der Waals surface area contributed by atoms with E-state index in [1.807, 2.05) is 17.5 Å². The van der Waals surface area contributed by atoms with Crippen LogP contribution in [0, 0.1) is 5.92 Å². The molecule has 1 aliphatic rings. The Labute approximate surface area is 155 Å². The van der Waals surface area contributed by atoms with Gasteiger partial charge in [-0.3, -0.25) is 14.4 Å². The van der Waals surface area contributed by atoms with E-state index in [1.54, 1.807) is 25.2 Å². The molecule has 1 aliphatic heterocycles. The summed E-state index contributed by atoms with van der Waals surface area (Å²) in [5.74, 6) is -2.11. The Hall–Kier alpha value is -2.42. The molecule has 3 amide bonds. The molecular weight excluding hydrogens is 358 g/mol. The zero-order chi connectivity index (χ0) is 19.1. The monoisotopic (exact) mass is 381 g/mol. The Morgan fingerprint density at radius 3 is 2.81 bits per heavy atom. The largest absolute Gasteiger partial charge is 0.449 e. The van der Waals surface area contributed by atoms with Gasteiger partial charge in [0, 0.05) is 17.8 Å². The van der Waals surface area contributed by atoms with Crippen LogP contribution in [0.25, 0.3) is 0 Å². The van der Waals surface area contributed by atoms with Gasteiger partial charge in [0.25, 0.3) is 5.91 Å². The highest BCUT2D eigenvalue weighted by molar-refractivity contribution is 7.09. The Bertz CT molecular complexity index is 659. The van der Waals surface area contributed by atoms with E-state index in [1.165, 1.54) is 0 Å². The van der Waals surface area contributed by atoms with Crippen LogP contribution in [-0.2, 0) is 25.5 Å². The zero-order valence-electron chi connectivity index (χ0n) is 14.7. The second-order valence-electron chi connectivity index (χ2n) is 6.30. The second kappa shape index (κ2) is 9.33. The average molecular weight is 381 g/mol. The van der Waals surface area contributed by atoms with Gasteiger partial charge in [-0.2, -0.15) is 0 Å². The number of ketones is 1. The predicted octanol–water partition coefficient (Wildman–Crippen LogP) is 0.615. The number of carbonyl (C=O) groups is 4. The summed E-state index contributed by atoms with van der Waals surface area (Å²) in [6.45, 7) is 4.07. The van der Waals surface area contributed by atoms with Crippen LogP contribution >= 0.6 is 11.3 Å². The van der Waals surface area contributed by atoms with Gasteiger partial charge >= 0.3 is 6.09 Å². The van der Waals surface area contributed by atoms with E-state index in [9.17, 15) is 19.2 Å². The molecule has 1 aromatic rings. The zero-order valence-corrected chi connectivity index (χ0v) is 15.6. The number of ether oxygens (including phenoxy) is 1. The average Bonchev–Trinajstić information content (AvgIpc) is 3.10. The topological polar surface area (TPSA) is 114 Å². The predicted molar refractivity (Wildman–Crippen MR) is 95.7 cm³/mol. The number of alkyl carbamates (subject to hydrolysis) is 1. The summed E-state index contributed by atoms with van der Waals surface area (Å²) in [6, 6.07) is 2.15. The summed E-state index contributed by atoms with van der Waals surface area (Å²) in [5.41, 5.74) is 0. The minimum atomic E-state index is -0.867. The molecule has 0 bridgehead atoms. The molecule has 142 valence electrons. The first kappa shape index (κ1) is 19.9. The van der Waals surface area contributed by atoms with Gasteiger partial charge in [-0.05, 0) is 23.8 Å². The first-order valence-corrected chi connectivity index (χ1v) is 9.34. The lowest BCUT2D eigenvalue weighted by Gasteiger charge is -2.26. The highest BCUT2D eigenvalue weighted by Crippen LogP contribution is 2.09. The summed E-state index contributed by atoms with van der Waals surface area (Å²) in [5, 5.41) is 9.45. The third-order valence-electron chi connectivity index (χ3n) is 3.96. The Balaban J connectivity index is 1.84. The van der Waals surface area contributed by atoms with Gasteiger partial charge in [0.15, 0.2) is 0 Å². The molecule has 0 saturated carbocycles. The lowest BCUT2D eigenvalue weighted by Crippen LogP contribution is -2.58. The maximum atomic E-state index is 12.4. The van der Waals surface area contributed by atoms with Crippen molar-refractivity contribution in [1.29, 1.82) is 0 Å². The standard InChI is InChI=1S/C17H23N3O5S/c1-10(2)13(15(22)19-12-5-7-18-16(23)14(12)21)20-17(24)25-8-6-11-4-3-9-26-11/h3-4,9-10,12-13H,5-8H2,1-2H3,(H,18,23)(H,19,22)(H,20,24). The first-order chi connectivity index (χ1) is 12.4. The maximum absolute atomic E-state index is 12.4. The normalized spacial score (nSPS) is 18.2. The van der Waals surface area contributed by atoms with Crippen LogP contribution in [0.4, 0.5) is 4.79 Å². The fraction of sp³-hybridized carbons (Fsp3) is 0.529. The molecule has 9 heteroatoms. The van der Waals surface area contributed by atoms with E-state index < -0.39 is 35.8 Å². The van der Waals surface area contributed by atoms with Crippen LogP contribution < -0.4 is 16.0 Å². The van der Waals surface area contributed by atoms with Gasteiger partial charge in [0.05, 0.1) is 12.6 Å². The highest BCUT2D eigenvalue weighted by Gasteiger charge is 2.33. The van der Waals surface area contributed by atoms with Crippen molar-refractivity contribution in [3.63, 3.8) is 0 Å². The van der Waals surface area contributed by atoms with Crippen molar-refractivity contribution in [2.24, 2.45) is 5.92 Å². The Morgan fingerprint density at radius 2 is 2.15 bits per heavy atom. The Kier molecular flexibility index (Phi) is 7.14. The van der Waals surface area contributed by atoms with Gasteiger partial charge in [-0.25, -0.2) is 4.79 Å². The molecule has 0 aliphatic carbocycles. The van der Waals surface area contributed by atoms with Crippen LogP contribution in [0.2, 0.25) is 0 Å². The number of amides is 3. The van der Waals surface area contributed by atoms with E-state index in [2.05, 4.69) is 16.0 Å². The molecule has 0 spiro atoms. The SMILES string of the molecule is CC(C)C(NC(=O)OCCc1cccs1)C(=O)NC1CCNC(=O)C1=O. The summed E-state index contributed by atoms with van der Waals surface area (Å²) < 4.78 is 5.12. The fourth-order valence-corrected chi connectivity index (χ4v) is 3.20. The van der Waals surface area contributed by atoms with Crippen LogP contribution in [-0.4, -0.2) is 48.9 Å². The fourth-order valence-electron chi connectivity index (χ4n) is 2.51. The van der Waals surface area contributed by atoms with E-state index >= 15 is 0 Å². The molecule has 1 aromatic heterocycles. The minimum Gasteiger partial charge on any atom is -0.449 e. The van der Waals surface area contributed by atoms with Gasteiger partial charge in [-0.1, -0.05) is 19.9 Å². The van der Waals surface area contributed by atoms with Gasteiger partial charge in [0.2, 0.25) is 11.7 Å². The third kappa shape index (κ3) is 5.55. The van der Waals surface area contributed by atoms with Crippen molar-refractivity contribution < 1.29 is 23.9 Å². The van der Waals surface area contributed by atoms with Crippen molar-refractivity contribution in [3.05, 3.63) is 22.4 Å². The molecular formula is C17H23N3O5S. The quantitative estimate of drug-likeness (QED) is 0.599. The molecule has 0 aromatic carbocycles. The number of carbonyl (C=O) groups excluding carboxylic acids is 4. The van der Waals surface area contributed by atoms with Crippen molar-refractivity contribution >= 4 is 35.0 Å². The lowest BCUT2D eigenvalue weighted by atomic mass is 10.0. The number of hydrogen-bond acceptors (Lipinski definition) is 6. The molecule has 8 nitrogen and oxygen atoms in total. The van der Waals surface area contributed by atoms with Crippen molar-refractivity contribution in [2.75, 3.05) is 13.2 Å². The maximum Gasteiger partial charge on any atom is 0.407 e. The third-order valence-corrected chi connectivity index (χ3v) is 4.90. The molecule has 2 atom stereocenters. The number of hydrogen-bond donors (Lipinski definition) is 3. The number of nitrogens with one attached hydrogen (secondary N) is 3. The van der Waals surface area contributed by atoms with E-state index in [4.69, 9.17) is 4.74 Å². The molecule has 26 heavy (non-hydrogen) atoms. The molecule has 2 heterocycles. The summed E-state index contributed by atoms with van der Waals surface area (Å²) in [4.78, 5) is 48.7. The molecule has 2 rings (SSSR count). The van der Waals surface area contributed by atoms with Crippen LogP contribution in [0.15, 0.2) is 17.5 Å². The van der Waals surface area contributed by atoms with Gasteiger partial charge in [0.1, 0.15) is 6.04 Å². The van der Waals surface area contributed by atoms with Crippen LogP contribution in [0.5, 0.6) is 0 Å². The van der Waals surface area contributed by atoms with E-state index in [0.717, 1.165) is 4.88 Å². The lowest BCUT2D eigenvalue weighted by molar-refractivity contribution is -0.142. The van der Waals surface area contributed by atoms with Gasteiger partial charge in [-0.15, -0.1) is 11.3 Å². The summed E-state index contributed by atoms with van der Waals surface area (Å²) in [6.07, 6.45) is 0.241. The van der Waals surface area contributed by atoms with Crippen LogP contribution in [0.3, 0.4) is 0 Å². The number of rotatable bonds is 7. The van der Waals surface area contributed by atoms with Crippen molar-refractivity contribution in [2.45, 2.75) is 38.8 Å². The number of thiophene rings is 1. The van der Waals surface area contributed by atoms with Crippen molar-refractivity contribution in [3.8, 4) is 0 Å². The summed E-state index contributed by atoms with van der Waals surface area (Å²) >= 11 is 1.58. The number of Topliss-reactive ketones (excluding diaryl/α,β-unsaturated/α-hetero) is 1. The van der Waals surface area contributed by atoms with Gasteiger partial charge < -0.3 is 20.7 Å².